The maximum atomic E-state index is 12.6. The molecule has 0 aromatic heterocycles. The van der Waals surface area contributed by atoms with E-state index < -0.39 is 6.17 Å². The van der Waals surface area contributed by atoms with Gasteiger partial charge < -0.3 is 0 Å². The quantitative estimate of drug-likeness (QED) is 0.541. The molecule has 0 aliphatic rings. The minimum atomic E-state index is -0.606. The van der Waals surface area contributed by atoms with Crippen LogP contribution in [-0.2, 0) is 0 Å². The first-order valence-corrected chi connectivity index (χ1v) is 3.60. The van der Waals surface area contributed by atoms with Gasteiger partial charge in [-0.3, -0.25) is 0 Å². The molecule has 0 aliphatic heterocycles. The molecule has 0 saturated carbocycles. The van der Waals surface area contributed by atoms with Crippen LogP contribution in [0.5, 0.6) is 0 Å². The molecule has 0 fully saturated rings. The van der Waals surface area contributed by atoms with Crippen molar-refractivity contribution < 1.29 is 4.39 Å². The molecule has 0 N–H and O–H groups in total. The van der Waals surface area contributed by atoms with Crippen molar-refractivity contribution in [2.45, 2.75) is 46.7 Å². The Morgan fingerprint density at radius 2 is 1.78 bits per heavy atom. The molecular formula is C8H17F. The van der Waals surface area contributed by atoms with Crippen LogP contribution in [0.1, 0.15) is 40.5 Å². The highest BCUT2D eigenvalue weighted by Gasteiger charge is 2.15. The zero-order valence-corrected chi connectivity index (χ0v) is 6.87. The monoisotopic (exact) mass is 132 g/mol. The van der Waals surface area contributed by atoms with Crippen LogP contribution in [0.15, 0.2) is 0 Å². The summed E-state index contributed by atoms with van der Waals surface area (Å²) in [6.07, 6.45) is 0.728. The number of hydrogen-bond donors (Lipinski definition) is 0. The van der Waals surface area contributed by atoms with Crippen molar-refractivity contribution in [2.24, 2.45) is 5.41 Å². The average molecular weight is 132 g/mol. The highest BCUT2D eigenvalue weighted by Crippen LogP contribution is 2.23. The molecule has 56 valence electrons. The molecule has 0 aliphatic carbocycles. The molecule has 0 radical (unpaired) electrons. The van der Waals surface area contributed by atoms with Gasteiger partial charge in [-0.05, 0) is 18.3 Å². The van der Waals surface area contributed by atoms with Gasteiger partial charge in [0.15, 0.2) is 0 Å². The van der Waals surface area contributed by atoms with Gasteiger partial charge in [-0.15, -0.1) is 0 Å². The minimum absolute atomic E-state index is 0.148. The lowest BCUT2D eigenvalue weighted by Crippen LogP contribution is -2.12. The third-order valence-electron chi connectivity index (χ3n) is 1.28. The molecule has 1 unspecified atom stereocenters. The smallest absolute Gasteiger partial charge is 0.100 e. The van der Waals surface area contributed by atoms with Gasteiger partial charge in [0.25, 0.3) is 0 Å². The van der Waals surface area contributed by atoms with Crippen molar-refractivity contribution in [2.75, 3.05) is 0 Å². The summed E-state index contributed by atoms with van der Waals surface area (Å²) >= 11 is 0. The molecule has 0 aromatic carbocycles. The first-order chi connectivity index (χ1) is 3.95. The van der Waals surface area contributed by atoms with E-state index in [-0.39, 0.29) is 5.41 Å². The summed E-state index contributed by atoms with van der Waals surface area (Å²) in [4.78, 5) is 0. The van der Waals surface area contributed by atoms with Crippen LogP contribution in [0.25, 0.3) is 0 Å². The Balaban J connectivity index is 3.47. The summed E-state index contributed by atoms with van der Waals surface area (Å²) in [5, 5.41) is 0. The second-order valence-electron chi connectivity index (χ2n) is 3.77. The maximum absolute atomic E-state index is 12.6. The average Bonchev–Trinajstić information content (AvgIpc) is 1.62. The summed E-state index contributed by atoms with van der Waals surface area (Å²) in [6, 6.07) is 0. The predicted molar refractivity (Wildman–Crippen MR) is 39.3 cm³/mol. The fourth-order valence-electron chi connectivity index (χ4n) is 0.809. The second-order valence-corrected chi connectivity index (χ2v) is 3.77. The van der Waals surface area contributed by atoms with E-state index in [0.29, 0.717) is 12.8 Å². The Morgan fingerprint density at radius 3 is 1.89 bits per heavy atom. The molecular weight excluding hydrogens is 115 g/mol. The van der Waals surface area contributed by atoms with Crippen LogP contribution >= 0.6 is 0 Å². The number of rotatable bonds is 2. The van der Waals surface area contributed by atoms with E-state index in [1.807, 2.05) is 6.92 Å². The second kappa shape index (κ2) is 3.19. The van der Waals surface area contributed by atoms with Crippen LogP contribution in [0.4, 0.5) is 4.39 Å². The highest BCUT2D eigenvalue weighted by atomic mass is 19.1. The molecule has 0 nitrogen and oxygen atoms in total. The van der Waals surface area contributed by atoms with Gasteiger partial charge >= 0.3 is 0 Å². The fraction of sp³-hybridized carbons (Fsp3) is 1.00. The van der Waals surface area contributed by atoms with Crippen LogP contribution < -0.4 is 0 Å². The van der Waals surface area contributed by atoms with Crippen molar-refractivity contribution in [1.29, 1.82) is 0 Å². The first kappa shape index (κ1) is 8.93. The topological polar surface area (TPSA) is 0 Å². The SMILES string of the molecule is CCC(F)CC(C)(C)C. The third kappa shape index (κ3) is 5.81. The zero-order chi connectivity index (χ0) is 7.49. The van der Waals surface area contributed by atoms with Gasteiger partial charge in [-0.25, -0.2) is 4.39 Å². The van der Waals surface area contributed by atoms with Crippen molar-refractivity contribution >= 4 is 0 Å². The van der Waals surface area contributed by atoms with Gasteiger partial charge in [0.2, 0.25) is 0 Å². The Hall–Kier alpha value is -0.0700. The van der Waals surface area contributed by atoms with Gasteiger partial charge in [0.05, 0.1) is 0 Å². The Bertz CT molecular complexity index is 71.1. The van der Waals surface area contributed by atoms with Gasteiger partial charge in [-0.1, -0.05) is 27.7 Å². The van der Waals surface area contributed by atoms with Crippen molar-refractivity contribution in [3.05, 3.63) is 0 Å². The van der Waals surface area contributed by atoms with E-state index in [0.717, 1.165) is 0 Å². The van der Waals surface area contributed by atoms with E-state index in [9.17, 15) is 4.39 Å². The number of alkyl halides is 1. The van der Waals surface area contributed by atoms with Crippen LogP contribution in [0.2, 0.25) is 0 Å². The van der Waals surface area contributed by atoms with Crippen LogP contribution in [0.3, 0.4) is 0 Å². The lowest BCUT2D eigenvalue weighted by atomic mass is 9.89. The molecule has 0 bridgehead atoms. The van der Waals surface area contributed by atoms with Gasteiger partial charge in [0.1, 0.15) is 6.17 Å². The summed E-state index contributed by atoms with van der Waals surface area (Å²) < 4.78 is 12.6. The van der Waals surface area contributed by atoms with E-state index in [2.05, 4.69) is 20.8 Å². The summed E-state index contributed by atoms with van der Waals surface area (Å²) in [7, 11) is 0. The van der Waals surface area contributed by atoms with Crippen molar-refractivity contribution in [1.82, 2.24) is 0 Å². The maximum Gasteiger partial charge on any atom is 0.100 e. The lowest BCUT2D eigenvalue weighted by molar-refractivity contribution is 0.219. The van der Waals surface area contributed by atoms with Crippen LogP contribution in [-0.4, -0.2) is 6.17 Å². The fourth-order valence-corrected chi connectivity index (χ4v) is 0.809. The summed E-state index contributed by atoms with van der Waals surface area (Å²) in [6.45, 7) is 8.08. The standard InChI is InChI=1S/C8H17F/c1-5-7(9)6-8(2,3)4/h7H,5-6H2,1-4H3. The molecule has 0 aromatic rings. The lowest BCUT2D eigenvalue weighted by Gasteiger charge is -2.19. The molecule has 0 amide bonds. The number of hydrogen-bond acceptors (Lipinski definition) is 0. The molecule has 1 atom stereocenters. The summed E-state index contributed by atoms with van der Waals surface area (Å²) in [5.74, 6) is 0. The van der Waals surface area contributed by atoms with E-state index in [1.165, 1.54) is 0 Å². The Labute approximate surface area is 57.5 Å². The Morgan fingerprint density at radius 1 is 1.33 bits per heavy atom. The molecule has 0 rings (SSSR count). The van der Waals surface area contributed by atoms with Crippen molar-refractivity contribution in [3.8, 4) is 0 Å². The minimum Gasteiger partial charge on any atom is -0.247 e. The predicted octanol–water partition coefficient (Wildman–Crippen LogP) is 3.17. The highest BCUT2D eigenvalue weighted by molar-refractivity contribution is 4.66. The molecule has 0 heterocycles. The van der Waals surface area contributed by atoms with Crippen molar-refractivity contribution in [3.63, 3.8) is 0 Å². The molecule has 9 heavy (non-hydrogen) atoms. The largest absolute Gasteiger partial charge is 0.247 e. The first-order valence-electron chi connectivity index (χ1n) is 3.60. The zero-order valence-electron chi connectivity index (χ0n) is 6.87. The van der Waals surface area contributed by atoms with E-state index in [1.54, 1.807) is 0 Å². The van der Waals surface area contributed by atoms with E-state index >= 15 is 0 Å². The molecule has 0 saturated heterocycles. The third-order valence-corrected chi connectivity index (χ3v) is 1.28. The van der Waals surface area contributed by atoms with Gasteiger partial charge in [-0.2, -0.15) is 0 Å². The summed E-state index contributed by atoms with van der Waals surface area (Å²) in [5.41, 5.74) is 0.148. The Kier molecular flexibility index (Phi) is 3.16. The normalized spacial score (nSPS) is 15.7. The molecule has 0 spiro atoms. The van der Waals surface area contributed by atoms with Crippen LogP contribution in [0, 0.1) is 5.41 Å². The van der Waals surface area contributed by atoms with E-state index in [4.69, 9.17) is 0 Å². The molecule has 1 heteroatoms. The number of halogens is 1. The van der Waals surface area contributed by atoms with Gasteiger partial charge in [0, 0.05) is 0 Å².